The quantitative estimate of drug-likeness (QED) is 0.428. The smallest absolute Gasteiger partial charge is 0.256 e. The van der Waals surface area contributed by atoms with Crippen LogP contribution in [0.5, 0.6) is 0 Å². The van der Waals surface area contributed by atoms with Gasteiger partial charge in [-0.2, -0.15) is 0 Å². The Kier molecular flexibility index (Phi) is 6.04. The maximum Gasteiger partial charge on any atom is 0.256 e. The van der Waals surface area contributed by atoms with Crippen LogP contribution in [0.3, 0.4) is 0 Å². The average molecular weight is 457 g/mol. The highest BCUT2D eigenvalue weighted by Crippen LogP contribution is 2.44. The minimum absolute atomic E-state index is 0.304. The van der Waals surface area contributed by atoms with Crippen molar-refractivity contribution in [3.8, 4) is 0 Å². The van der Waals surface area contributed by atoms with Crippen molar-refractivity contribution in [1.29, 1.82) is 0 Å². The zero-order valence-electron chi connectivity index (χ0n) is 17.2. The van der Waals surface area contributed by atoms with Gasteiger partial charge in [0.05, 0.1) is 17.7 Å². The number of pyridine rings is 1. The summed E-state index contributed by atoms with van der Waals surface area (Å²) in [5, 5.41) is 12.4. The molecule has 2 aliphatic heterocycles. The van der Waals surface area contributed by atoms with Gasteiger partial charge < -0.3 is 32.5 Å². The fourth-order valence-corrected chi connectivity index (χ4v) is 5.03. The Hall–Kier alpha value is -3.15. The molecule has 0 saturated carbocycles. The first-order valence-electron chi connectivity index (χ1n) is 10.2. The number of hydrogen-bond acceptors (Lipinski definition) is 8. The Bertz CT molecular complexity index is 1070. The van der Waals surface area contributed by atoms with Crippen molar-refractivity contribution in [2.75, 3.05) is 23.3 Å². The summed E-state index contributed by atoms with van der Waals surface area (Å²) in [6.45, 7) is 1.19. The molecule has 2 aromatic rings. The highest BCUT2D eigenvalue weighted by molar-refractivity contribution is 8.01. The van der Waals surface area contributed by atoms with Crippen LogP contribution in [0.15, 0.2) is 35.4 Å². The first kappa shape index (κ1) is 22.1. The van der Waals surface area contributed by atoms with Crippen molar-refractivity contribution in [3.05, 3.63) is 47.0 Å². The number of nitrogens with one attached hydrogen (secondary N) is 1. The number of carbonyl (C=O) groups excluding carboxylic acids is 3. The third kappa shape index (κ3) is 4.27. The topological polar surface area (TPSA) is 178 Å². The Morgan fingerprint density at radius 2 is 1.78 bits per heavy atom. The molecule has 10 nitrogen and oxygen atoms in total. The number of benzene rings is 1. The van der Waals surface area contributed by atoms with E-state index in [1.165, 1.54) is 12.1 Å². The summed E-state index contributed by atoms with van der Waals surface area (Å²) >= 11 is 1.16. The largest absolute Gasteiger partial charge is 0.393 e. The molecule has 4 rings (SSSR count). The van der Waals surface area contributed by atoms with E-state index in [9.17, 15) is 19.5 Å². The second kappa shape index (κ2) is 8.77. The van der Waals surface area contributed by atoms with E-state index >= 15 is 0 Å². The van der Waals surface area contributed by atoms with Gasteiger partial charge in [-0.1, -0.05) is 11.8 Å². The lowest BCUT2D eigenvalue weighted by Gasteiger charge is -2.31. The van der Waals surface area contributed by atoms with Gasteiger partial charge in [-0.05, 0) is 43.2 Å². The lowest BCUT2D eigenvalue weighted by atomic mass is 9.99. The van der Waals surface area contributed by atoms with Gasteiger partial charge in [0.15, 0.2) is 0 Å². The molecular formula is C21H24N6O4S. The summed E-state index contributed by atoms with van der Waals surface area (Å²) in [6, 6.07) is 7.08. The predicted molar refractivity (Wildman–Crippen MR) is 120 cm³/mol. The molecule has 168 valence electrons. The molecule has 0 bridgehead atoms. The number of piperidine rings is 1. The van der Waals surface area contributed by atoms with E-state index in [2.05, 4.69) is 10.3 Å². The van der Waals surface area contributed by atoms with Gasteiger partial charge in [0.1, 0.15) is 16.1 Å². The van der Waals surface area contributed by atoms with Crippen LogP contribution in [0.2, 0.25) is 0 Å². The van der Waals surface area contributed by atoms with E-state index in [1.54, 1.807) is 18.2 Å². The van der Waals surface area contributed by atoms with Crippen LogP contribution in [-0.4, -0.2) is 52.3 Å². The molecule has 1 saturated heterocycles. The summed E-state index contributed by atoms with van der Waals surface area (Å²) in [6.07, 6.45) is 0.848. The molecule has 2 atom stereocenters. The number of aliphatic hydroxyl groups excluding tert-OH is 1. The Morgan fingerprint density at radius 1 is 1.12 bits per heavy atom. The van der Waals surface area contributed by atoms with E-state index < -0.39 is 29.0 Å². The molecule has 1 aromatic carbocycles. The molecule has 3 amide bonds. The summed E-state index contributed by atoms with van der Waals surface area (Å²) in [5.41, 5.74) is 18.6. The standard InChI is InChI=1S/C21H24N6O4S/c22-16-15-13(20(31)25-11-3-1-10(2-4-11)18(23)29)9-14(27-7-5-12(28)6-8-27)26-21(15)32-17(16)19(24)30/h1-4,9,12,16-17,28H,5-8,22H2,(H2,23,29)(H2,24,30)(H,25,31). The molecule has 32 heavy (non-hydrogen) atoms. The number of thioether (sulfide) groups is 1. The Morgan fingerprint density at radius 3 is 2.38 bits per heavy atom. The third-order valence-electron chi connectivity index (χ3n) is 5.65. The fraction of sp³-hybridized carbons (Fsp3) is 0.333. The van der Waals surface area contributed by atoms with Crippen molar-refractivity contribution < 1.29 is 19.5 Å². The number of primary amides is 2. The van der Waals surface area contributed by atoms with Crippen LogP contribution >= 0.6 is 11.8 Å². The molecule has 1 aromatic heterocycles. The van der Waals surface area contributed by atoms with Gasteiger partial charge >= 0.3 is 0 Å². The van der Waals surface area contributed by atoms with Crippen molar-refractivity contribution >= 4 is 41.0 Å². The SMILES string of the molecule is NC(=O)c1ccc(NC(=O)c2cc(N3CCC(O)CC3)nc3c2C(N)C(C(N)=O)S3)cc1. The van der Waals surface area contributed by atoms with Crippen LogP contribution in [-0.2, 0) is 4.79 Å². The number of rotatable bonds is 5. The van der Waals surface area contributed by atoms with Crippen molar-refractivity contribution in [2.24, 2.45) is 17.2 Å². The maximum absolute atomic E-state index is 13.2. The number of hydrogen-bond donors (Lipinski definition) is 5. The minimum atomic E-state index is -0.768. The van der Waals surface area contributed by atoms with E-state index in [-0.39, 0.29) is 6.10 Å². The van der Waals surface area contributed by atoms with E-state index in [0.717, 1.165) is 11.8 Å². The van der Waals surface area contributed by atoms with Crippen LogP contribution < -0.4 is 27.4 Å². The van der Waals surface area contributed by atoms with Crippen molar-refractivity contribution in [2.45, 2.75) is 35.3 Å². The minimum Gasteiger partial charge on any atom is -0.393 e. The lowest BCUT2D eigenvalue weighted by molar-refractivity contribution is -0.117. The second-order valence-corrected chi connectivity index (χ2v) is 8.96. The Labute approximate surface area is 188 Å². The summed E-state index contributed by atoms with van der Waals surface area (Å²) in [4.78, 5) is 43.0. The lowest BCUT2D eigenvalue weighted by Crippen LogP contribution is -2.36. The molecular weight excluding hydrogens is 432 g/mol. The van der Waals surface area contributed by atoms with Crippen molar-refractivity contribution in [1.82, 2.24) is 4.98 Å². The van der Waals surface area contributed by atoms with Crippen LogP contribution in [0.25, 0.3) is 0 Å². The van der Waals surface area contributed by atoms with E-state index in [1.807, 2.05) is 4.90 Å². The van der Waals surface area contributed by atoms with Gasteiger partial charge in [0.25, 0.3) is 5.91 Å². The van der Waals surface area contributed by atoms with Crippen molar-refractivity contribution in [3.63, 3.8) is 0 Å². The van der Waals surface area contributed by atoms with Gasteiger partial charge in [0.2, 0.25) is 11.8 Å². The maximum atomic E-state index is 13.2. The van der Waals surface area contributed by atoms with Gasteiger partial charge in [-0.25, -0.2) is 4.98 Å². The zero-order chi connectivity index (χ0) is 23.0. The molecule has 0 spiro atoms. The number of carbonyl (C=O) groups is 3. The van der Waals surface area contributed by atoms with Gasteiger partial charge in [-0.3, -0.25) is 14.4 Å². The number of fused-ring (bicyclic) bond motifs is 1. The normalized spacial score (nSPS) is 20.6. The van der Waals surface area contributed by atoms with Crippen LogP contribution in [0.1, 0.15) is 45.2 Å². The first-order valence-corrected chi connectivity index (χ1v) is 11.0. The molecule has 11 heteroatoms. The number of amides is 3. The van der Waals surface area contributed by atoms with Crippen LogP contribution in [0.4, 0.5) is 11.5 Å². The average Bonchev–Trinajstić information content (AvgIpc) is 3.11. The number of aromatic nitrogens is 1. The summed E-state index contributed by atoms with van der Waals surface area (Å²) in [7, 11) is 0. The molecule has 2 unspecified atom stereocenters. The molecule has 0 aliphatic carbocycles. The highest BCUT2D eigenvalue weighted by atomic mass is 32.2. The molecule has 8 N–H and O–H groups in total. The zero-order valence-corrected chi connectivity index (χ0v) is 18.0. The van der Waals surface area contributed by atoms with Gasteiger partial charge in [-0.15, -0.1) is 0 Å². The summed E-state index contributed by atoms with van der Waals surface area (Å²) < 4.78 is 0. The highest BCUT2D eigenvalue weighted by Gasteiger charge is 2.39. The fourth-order valence-electron chi connectivity index (χ4n) is 3.87. The molecule has 1 fully saturated rings. The second-order valence-electron chi connectivity index (χ2n) is 7.83. The molecule has 0 radical (unpaired) electrons. The van der Waals surface area contributed by atoms with Gasteiger partial charge in [0, 0.05) is 29.9 Å². The van der Waals surface area contributed by atoms with E-state index in [0.29, 0.717) is 59.2 Å². The molecule has 2 aliphatic rings. The number of nitrogens with two attached hydrogens (primary N) is 3. The van der Waals surface area contributed by atoms with E-state index in [4.69, 9.17) is 17.2 Å². The molecule has 3 heterocycles. The number of anilines is 2. The predicted octanol–water partition coefficient (Wildman–Crippen LogP) is 0.353. The number of aliphatic hydroxyl groups is 1. The monoisotopic (exact) mass is 456 g/mol. The first-order chi connectivity index (χ1) is 15.2. The van der Waals surface area contributed by atoms with Crippen LogP contribution in [0, 0.1) is 0 Å². The summed E-state index contributed by atoms with van der Waals surface area (Å²) in [5.74, 6) is -0.979. The number of nitrogens with zero attached hydrogens (tertiary/aromatic N) is 2. The third-order valence-corrected chi connectivity index (χ3v) is 6.96. The Balaban J connectivity index is 1.68.